The van der Waals surface area contributed by atoms with Gasteiger partial charge in [-0.25, -0.2) is 0 Å². The Labute approximate surface area is 143 Å². The van der Waals surface area contributed by atoms with Gasteiger partial charge in [0.25, 0.3) is 0 Å². The van der Waals surface area contributed by atoms with Crippen LogP contribution in [0.5, 0.6) is 0 Å². The van der Waals surface area contributed by atoms with E-state index in [0.29, 0.717) is 0 Å². The summed E-state index contributed by atoms with van der Waals surface area (Å²) < 4.78 is 30.3. The number of rotatable bonds is 12. The number of hydrogen-bond donors (Lipinski definition) is 0. The average Bonchev–Trinajstić information content (AvgIpc) is 2.58. The van der Waals surface area contributed by atoms with Crippen molar-refractivity contribution in [2.24, 2.45) is 0 Å². The monoisotopic (exact) mass is 348 g/mol. The van der Waals surface area contributed by atoms with Gasteiger partial charge in [-0.2, -0.15) is 0 Å². The minimum absolute atomic E-state index is 0.138. The van der Waals surface area contributed by atoms with Crippen molar-refractivity contribution < 1.29 is 22.8 Å². The van der Waals surface area contributed by atoms with Crippen LogP contribution in [0.2, 0.25) is 6.04 Å². The fourth-order valence-electron chi connectivity index (χ4n) is 3.15. The lowest BCUT2D eigenvalue weighted by atomic mass is 9.98. The zero-order valence-electron chi connectivity index (χ0n) is 15.7. The lowest BCUT2D eigenvalue weighted by molar-refractivity contribution is -0.311. The Hall–Kier alpha value is 0.0169. The van der Waals surface area contributed by atoms with Crippen molar-refractivity contribution >= 4 is 8.80 Å². The lowest BCUT2D eigenvalue weighted by Crippen LogP contribution is -2.57. The van der Waals surface area contributed by atoms with E-state index < -0.39 is 14.6 Å². The van der Waals surface area contributed by atoms with Gasteiger partial charge in [0, 0.05) is 26.7 Å². The molecule has 6 heteroatoms. The van der Waals surface area contributed by atoms with Crippen LogP contribution in [-0.4, -0.2) is 48.1 Å². The molecule has 1 unspecified atom stereocenters. The second-order valence-corrected chi connectivity index (χ2v) is 9.12. The molecule has 1 saturated heterocycles. The average molecular weight is 349 g/mol. The quantitative estimate of drug-likeness (QED) is 0.496. The molecule has 1 aliphatic rings. The molecule has 0 aromatic carbocycles. The molecule has 0 radical (unpaired) electrons. The first-order valence-electron chi connectivity index (χ1n) is 9.18. The Kier molecular flexibility index (Phi) is 9.88. The Morgan fingerprint density at radius 1 is 1.00 bits per heavy atom. The van der Waals surface area contributed by atoms with Crippen molar-refractivity contribution in [2.75, 3.05) is 27.4 Å². The molecule has 1 rings (SSSR count). The van der Waals surface area contributed by atoms with Crippen molar-refractivity contribution in [3.8, 4) is 0 Å². The first-order valence-corrected chi connectivity index (χ1v) is 11.1. The maximum atomic E-state index is 6.52. The van der Waals surface area contributed by atoms with Gasteiger partial charge in [-0.3, -0.25) is 0 Å². The third-order valence-electron chi connectivity index (χ3n) is 4.39. The Morgan fingerprint density at radius 2 is 1.65 bits per heavy atom. The van der Waals surface area contributed by atoms with Crippen LogP contribution in [0.25, 0.3) is 0 Å². The van der Waals surface area contributed by atoms with Crippen LogP contribution in [0, 0.1) is 0 Å². The maximum absolute atomic E-state index is 6.52. The van der Waals surface area contributed by atoms with E-state index in [4.69, 9.17) is 22.8 Å². The Bertz CT molecular complexity index is 298. The molecule has 0 amide bonds. The van der Waals surface area contributed by atoms with Crippen LogP contribution in [0.1, 0.15) is 65.7 Å². The summed E-state index contributed by atoms with van der Waals surface area (Å²) in [5, 5.41) is 0. The SMILES string of the molecule is CCCCC(O[Si](CCC)(OC)OC)C1(CCC)OCCCO1. The fourth-order valence-corrected chi connectivity index (χ4v) is 5.38. The van der Waals surface area contributed by atoms with Crippen molar-refractivity contribution in [1.29, 1.82) is 0 Å². The smallest absolute Gasteiger partial charge is 0.377 e. The third kappa shape index (κ3) is 5.79. The summed E-state index contributed by atoms with van der Waals surface area (Å²) in [6.07, 6.45) is 6.70. The molecule has 0 saturated carbocycles. The number of ether oxygens (including phenoxy) is 2. The summed E-state index contributed by atoms with van der Waals surface area (Å²) in [5.74, 6) is -0.648. The highest BCUT2D eigenvalue weighted by molar-refractivity contribution is 6.60. The fraction of sp³-hybridized carbons (Fsp3) is 1.00. The van der Waals surface area contributed by atoms with E-state index in [9.17, 15) is 0 Å². The van der Waals surface area contributed by atoms with Gasteiger partial charge in [0.05, 0.1) is 13.2 Å². The van der Waals surface area contributed by atoms with Crippen LogP contribution in [-0.2, 0) is 22.8 Å². The molecular weight excluding hydrogens is 312 g/mol. The van der Waals surface area contributed by atoms with Crippen molar-refractivity contribution in [2.45, 2.75) is 83.7 Å². The summed E-state index contributed by atoms with van der Waals surface area (Å²) in [5.41, 5.74) is 0. The minimum Gasteiger partial charge on any atom is -0.377 e. The summed E-state index contributed by atoms with van der Waals surface area (Å²) >= 11 is 0. The summed E-state index contributed by atoms with van der Waals surface area (Å²) in [6.45, 7) is 7.93. The van der Waals surface area contributed by atoms with E-state index in [1.807, 2.05) is 0 Å². The summed E-state index contributed by atoms with van der Waals surface area (Å²) in [7, 11) is 0.707. The molecule has 138 valence electrons. The third-order valence-corrected chi connectivity index (χ3v) is 7.39. The minimum atomic E-state index is -2.68. The van der Waals surface area contributed by atoms with E-state index in [1.165, 1.54) is 0 Å². The predicted molar refractivity (Wildman–Crippen MR) is 93.4 cm³/mol. The molecule has 0 aromatic heterocycles. The number of unbranched alkanes of at least 4 members (excludes halogenated alkanes) is 1. The van der Waals surface area contributed by atoms with Crippen LogP contribution in [0.4, 0.5) is 0 Å². The molecule has 0 N–H and O–H groups in total. The van der Waals surface area contributed by atoms with Gasteiger partial charge in [0.1, 0.15) is 6.10 Å². The van der Waals surface area contributed by atoms with Crippen LogP contribution in [0.3, 0.4) is 0 Å². The van der Waals surface area contributed by atoms with Crippen molar-refractivity contribution in [3.05, 3.63) is 0 Å². The Morgan fingerprint density at radius 3 is 2.13 bits per heavy atom. The van der Waals surface area contributed by atoms with Gasteiger partial charge in [0.15, 0.2) is 5.79 Å². The van der Waals surface area contributed by atoms with Gasteiger partial charge in [0.2, 0.25) is 0 Å². The molecule has 0 spiro atoms. The molecule has 23 heavy (non-hydrogen) atoms. The molecular formula is C17H36O5Si. The molecule has 1 aliphatic heterocycles. The molecule has 1 heterocycles. The molecule has 0 bridgehead atoms. The first kappa shape index (κ1) is 21.1. The van der Waals surface area contributed by atoms with E-state index in [-0.39, 0.29) is 6.10 Å². The second kappa shape index (κ2) is 10.8. The highest BCUT2D eigenvalue weighted by atomic mass is 28.4. The maximum Gasteiger partial charge on any atom is 0.500 e. The van der Waals surface area contributed by atoms with E-state index in [1.54, 1.807) is 14.2 Å². The van der Waals surface area contributed by atoms with Crippen LogP contribution < -0.4 is 0 Å². The molecule has 5 nitrogen and oxygen atoms in total. The normalized spacial score (nSPS) is 19.7. The topological polar surface area (TPSA) is 46.2 Å². The first-order chi connectivity index (χ1) is 11.1. The van der Waals surface area contributed by atoms with Gasteiger partial charge >= 0.3 is 8.80 Å². The van der Waals surface area contributed by atoms with E-state index in [0.717, 1.165) is 64.2 Å². The summed E-state index contributed by atoms with van der Waals surface area (Å²) in [4.78, 5) is 0. The highest BCUT2D eigenvalue weighted by Gasteiger charge is 2.49. The Balaban J connectivity index is 2.99. The highest BCUT2D eigenvalue weighted by Crippen LogP contribution is 2.35. The van der Waals surface area contributed by atoms with E-state index in [2.05, 4.69) is 20.8 Å². The molecule has 0 aromatic rings. The standard InChI is InChI=1S/C17H36O5Si/c1-6-9-11-16(22-23(18-4,19-5)15-8-3)17(12-7-2)20-13-10-14-21-17/h16H,6-15H2,1-5H3. The zero-order valence-corrected chi connectivity index (χ0v) is 16.7. The summed E-state index contributed by atoms with van der Waals surface area (Å²) in [6, 6.07) is 0.810. The van der Waals surface area contributed by atoms with Crippen LogP contribution >= 0.6 is 0 Å². The molecule has 0 aliphatic carbocycles. The zero-order chi connectivity index (χ0) is 17.2. The van der Waals surface area contributed by atoms with Gasteiger partial charge in [-0.15, -0.1) is 0 Å². The van der Waals surface area contributed by atoms with Gasteiger partial charge in [-0.1, -0.05) is 46.5 Å². The van der Waals surface area contributed by atoms with E-state index >= 15 is 0 Å². The van der Waals surface area contributed by atoms with Crippen LogP contribution in [0.15, 0.2) is 0 Å². The molecule has 1 fully saturated rings. The van der Waals surface area contributed by atoms with Crippen molar-refractivity contribution in [3.63, 3.8) is 0 Å². The van der Waals surface area contributed by atoms with Gasteiger partial charge < -0.3 is 22.8 Å². The second-order valence-electron chi connectivity index (χ2n) is 6.20. The predicted octanol–water partition coefficient (Wildman–Crippen LogP) is 4.14. The lowest BCUT2D eigenvalue weighted by Gasteiger charge is -2.45. The number of hydrogen-bond acceptors (Lipinski definition) is 5. The van der Waals surface area contributed by atoms with Gasteiger partial charge in [-0.05, 0) is 12.8 Å². The largest absolute Gasteiger partial charge is 0.500 e. The van der Waals surface area contributed by atoms with Crippen molar-refractivity contribution in [1.82, 2.24) is 0 Å². The molecule has 1 atom stereocenters.